The first-order chi connectivity index (χ1) is 12.0. The van der Waals surface area contributed by atoms with Gasteiger partial charge in [0.05, 0.1) is 5.69 Å². The van der Waals surface area contributed by atoms with Gasteiger partial charge >= 0.3 is 0 Å². The molecule has 5 nitrogen and oxygen atoms in total. The molecule has 2 heterocycles. The van der Waals surface area contributed by atoms with Gasteiger partial charge in [-0.2, -0.15) is 0 Å². The van der Waals surface area contributed by atoms with Crippen molar-refractivity contribution in [2.75, 3.05) is 11.4 Å². The molecule has 1 aromatic heterocycles. The zero-order valence-corrected chi connectivity index (χ0v) is 15.8. The van der Waals surface area contributed by atoms with Crippen molar-refractivity contribution in [3.05, 3.63) is 45.4 Å². The van der Waals surface area contributed by atoms with Crippen LogP contribution in [0.5, 0.6) is 0 Å². The highest BCUT2D eigenvalue weighted by molar-refractivity contribution is 7.17. The van der Waals surface area contributed by atoms with E-state index in [1.165, 1.54) is 11.3 Å². The average Bonchev–Trinajstić information content (AvgIpc) is 3.20. The van der Waals surface area contributed by atoms with Crippen molar-refractivity contribution in [2.24, 2.45) is 0 Å². The minimum atomic E-state index is -0.181. The predicted molar refractivity (Wildman–Crippen MR) is 100 cm³/mol. The molecule has 0 atom stereocenters. The number of amides is 2. The summed E-state index contributed by atoms with van der Waals surface area (Å²) in [6.45, 7) is 5.02. The summed E-state index contributed by atoms with van der Waals surface area (Å²) in [7, 11) is 0. The van der Waals surface area contributed by atoms with Crippen LogP contribution in [-0.4, -0.2) is 23.3 Å². The van der Waals surface area contributed by atoms with E-state index in [1.807, 2.05) is 32.0 Å². The van der Waals surface area contributed by atoms with Crippen LogP contribution in [0, 0.1) is 0 Å². The number of hydrogen-bond acceptors (Lipinski definition) is 4. The van der Waals surface area contributed by atoms with E-state index in [9.17, 15) is 9.59 Å². The molecule has 1 saturated heterocycles. The molecule has 1 N–H and O–H groups in total. The molecule has 0 radical (unpaired) electrons. The second-order valence-corrected chi connectivity index (χ2v) is 7.67. The summed E-state index contributed by atoms with van der Waals surface area (Å²) in [6, 6.07) is 7.42. The van der Waals surface area contributed by atoms with Crippen molar-refractivity contribution < 1.29 is 9.59 Å². The van der Waals surface area contributed by atoms with Crippen LogP contribution in [-0.2, 0) is 11.3 Å². The molecule has 25 heavy (non-hydrogen) atoms. The minimum Gasteiger partial charge on any atom is -0.347 e. The van der Waals surface area contributed by atoms with Gasteiger partial charge in [0, 0.05) is 24.5 Å². The Kier molecular flexibility index (Phi) is 5.39. The molecule has 0 saturated carbocycles. The van der Waals surface area contributed by atoms with E-state index in [0.717, 1.165) is 17.7 Å². The third kappa shape index (κ3) is 3.85. The van der Waals surface area contributed by atoms with Gasteiger partial charge in [-0.15, -0.1) is 0 Å². The Morgan fingerprint density at radius 1 is 1.40 bits per heavy atom. The van der Waals surface area contributed by atoms with Gasteiger partial charge in [-0.05, 0) is 24.0 Å². The van der Waals surface area contributed by atoms with E-state index >= 15 is 0 Å². The lowest BCUT2D eigenvalue weighted by Gasteiger charge is -2.10. The lowest BCUT2D eigenvalue weighted by molar-refractivity contribution is -0.117. The summed E-state index contributed by atoms with van der Waals surface area (Å²) >= 11 is 7.42. The highest BCUT2D eigenvalue weighted by Gasteiger charge is 2.28. The van der Waals surface area contributed by atoms with Gasteiger partial charge in [0.1, 0.15) is 4.88 Å². The first-order valence-corrected chi connectivity index (χ1v) is 9.49. The molecule has 3 rings (SSSR count). The van der Waals surface area contributed by atoms with E-state index in [0.29, 0.717) is 34.5 Å². The van der Waals surface area contributed by atoms with Crippen molar-refractivity contribution in [3.63, 3.8) is 0 Å². The van der Waals surface area contributed by atoms with Crippen LogP contribution in [0.15, 0.2) is 24.3 Å². The van der Waals surface area contributed by atoms with Crippen molar-refractivity contribution in [1.29, 1.82) is 0 Å². The molecule has 1 aliphatic rings. The molecule has 1 fully saturated rings. The summed E-state index contributed by atoms with van der Waals surface area (Å²) in [6.07, 6.45) is 1.38. The molecule has 1 aliphatic heterocycles. The van der Waals surface area contributed by atoms with Crippen molar-refractivity contribution in [1.82, 2.24) is 10.3 Å². The Balaban J connectivity index is 1.80. The monoisotopic (exact) mass is 377 g/mol. The fourth-order valence-corrected chi connectivity index (χ4v) is 4.12. The summed E-state index contributed by atoms with van der Waals surface area (Å²) in [5, 5.41) is 4.15. The highest BCUT2D eigenvalue weighted by Crippen LogP contribution is 2.33. The maximum absolute atomic E-state index is 12.7. The number of rotatable bonds is 5. The third-order valence-corrected chi connectivity index (χ3v) is 5.56. The largest absolute Gasteiger partial charge is 0.347 e. The normalized spacial score (nSPS) is 14.4. The minimum absolute atomic E-state index is 0.0760. The quantitative estimate of drug-likeness (QED) is 0.857. The number of carbonyl (C=O) groups is 2. The Labute approximate surface area is 156 Å². The average molecular weight is 378 g/mol. The van der Waals surface area contributed by atoms with Gasteiger partial charge in [-0.1, -0.05) is 55.0 Å². The fourth-order valence-electron chi connectivity index (χ4n) is 2.74. The molecule has 2 amide bonds. The first kappa shape index (κ1) is 17.9. The molecular formula is C18H20ClN3O2S. The molecule has 132 valence electrons. The molecule has 0 unspecified atom stereocenters. The third-order valence-electron chi connectivity index (χ3n) is 4.10. The van der Waals surface area contributed by atoms with Crippen LogP contribution in [0.25, 0.3) is 0 Å². The van der Waals surface area contributed by atoms with Crippen LogP contribution in [0.4, 0.5) is 5.13 Å². The van der Waals surface area contributed by atoms with Gasteiger partial charge in [-0.3, -0.25) is 14.5 Å². The van der Waals surface area contributed by atoms with E-state index in [-0.39, 0.29) is 17.7 Å². The molecule has 7 heteroatoms. The molecule has 0 aliphatic carbocycles. The summed E-state index contributed by atoms with van der Waals surface area (Å²) in [5.41, 5.74) is 1.60. The number of anilines is 1. The van der Waals surface area contributed by atoms with E-state index < -0.39 is 0 Å². The Hall–Kier alpha value is -1.92. The smallest absolute Gasteiger partial charge is 0.263 e. The SMILES string of the molecule is CC(C)c1nc(N2CCCC2=O)sc1C(=O)NCc1ccccc1Cl. The standard InChI is InChI=1S/C18H20ClN3O2S/c1-11(2)15-16(25-18(21-15)22-9-5-8-14(22)23)17(24)20-10-12-6-3-4-7-13(12)19/h3-4,6-7,11H,5,8-10H2,1-2H3,(H,20,24). The molecule has 0 bridgehead atoms. The van der Waals surface area contributed by atoms with Gasteiger partial charge in [0.15, 0.2) is 5.13 Å². The lowest BCUT2D eigenvalue weighted by Crippen LogP contribution is -2.23. The van der Waals surface area contributed by atoms with E-state index in [2.05, 4.69) is 10.3 Å². The van der Waals surface area contributed by atoms with Gasteiger partial charge in [0.25, 0.3) is 5.91 Å². The topological polar surface area (TPSA) is 62.3 Å². The van der Waals surface area contributed by atoms with E-state index in [4.69, 9.17) is 11.6 Å². The molecule has 0 spiro atoms. The molecule has 1 aromatic carbocycles. The number of hydrogen-bond donors (Lipinski definition) is 1. The van der Waals surface area contributed by atoms with Crippen LogP contribution in [0.2, 0.25) is 5.02 Å². The van der Waals surface area contributed by atoms with Crippen LogP contribution in [0.3, 0.4) is 0 Å². The second-order valence-electron chi connectivity index (χ2n) is 6.29. The summed E-state index contributed by atoms with van der Waals surface area (Å²) in [5.74, 6) is -0.00475. The molecular weight excluding hydrogens is 358 g/mol. The van der Waals surface area contributed by atoms with Crippen LogP contribution in [0.1, 0.15) is 53.5 Å². The molecule has 2 aromatic rings. The van der Waals surface area contributed by atoms with Crippen LogP contribution >= 0.6 is 22.9 Å². The number of nitrogens with one attached hydrogen (secondary N) is 1. The number of benzene rings is 1. The van der Waals surface area contributed by atoms with Crippen molar-refractivity contribution in [3.8, 4) is 0 Å². The Morgan fingerprint density at radius 3 is 2.80 bits per heavy atom. The predicted octanol–water partition coefficient (Wildman–Crippen LogP) is 3.98. The van der Waals surface area contributed by atoms with Gasteiger partial charge in [0.2, 0.25) is 5.91 Å². The lowest BCUT2D eigenvalue weighted by atomic mass is 10.1. The number of halogens is 1. The Morgan fingerprint density at radius 2 is 2.16 bits per heavy atom. The zero-order valence-electron chi connectivity index (χ0n) is 14.2. The first-order valence-electron chi connectivity index (χ1n) is 8.30. The zero-order chi connectivity index (χ0) is 18.0. The maximum Gasteiger partial charge on any atom is 0.263 e. The van der Waals surface area contributed by atoms with Gasteiger partial charge in [-0.25, -0.2) is 4.98 Å². The summed E-state index contributed by atoms with van der Waals surface area (Å²) in [4.78, 5) is 31.5. The van der Waals surface area contributed by atoms with Crippen molar-refractivity contribution in [2.45, 2.75) is 39.2 Å². The van der Waals surface area contributed by atoms with Crippen molar-refractivity contribution >= 4 is 39.9 Å². The van der Waals surface area contributed by atoms with Crippen LogP contribution < -0.4 is 10.2 Å². The van der Waals surface area contributed by atoms with Gasteiger partial charge < -0.3 is 5.32 Å². The number of nitrogens with zero attached hydrogens (tertiary/aromatic N) is 2. The highest BCUT2D eigenvalue weighted by atomic mass is 35.5. The Bertz CT molecular complexity index is 803. The summed E-state index contributed by atoms with van der Waals surface area (Å²) < 4.78 is 0. The number of aromatic nitrogens is 1. The number of thiazole rings is 1. The van der Waals surface area contributed by atoms with E-state index in [1.54, 1.807) is 11.0 Å². The number of carbonyl (C=O) groups excluding carboxylic acids is 2. The fraction of sp³-hybridized carbons (Fsp3) is 0.389. The second kappa shape index (κ2) is 7.54. The maximum atomic E-state index is 12.7.